The summed E-state index contributed by atoms with van der Waals surface area (Å²) in [5.74, 6) is 0. The number of hydrogen-bond acceptors (Lipinski definition) is 4. The highest BCUT2D eigenvalue weighted by atomic mass is 15.0. The summed E-state index contributed by atoms with van der Waals surface area (Å²) >= 11 is 0. The summed E-state index contributed by atoms with van der Waals surface area (Å²) in [7, 11) is 3.72. The van der Waals surface area contributed by atoms with Crippen molar-refractivity contribution >= 4 is 5.57 Å². The van der Waals surface area contributed by atoms with Gasteiger partial charge >= 0.3 is 0 Å². The highest BCUT2D eigenvalue weighted by Gasteiger charge is 2.00. The average Bonchev–Trinajstić information content (AvgIpc) is 2.15. The van der Waals surface area contributed by atoms with E-state index in [1.165, 1.54) is 6.33 Å². The lowest BCUT2D eigenvalue weighted by Gasteiger charge is -2.05. The zero-order valence-corrected chi connectivity index (χ0v) is 7.60. The van der Waals surface area contributed by atoms with Crippen LogP contribution in [0.1, 0.15) is 5.69 Å². The molecule has 0 aliphatic carbocycles. The fourth-order valence-electron chi connectivity index (χ4n) is 0.860. The Labute approximate surface area is 77.2 Å². The van der Waals surface area contributed by atoms with Crippen LogP contribution in [0.15, 0.2) is 24.8 Å². The summed E-state index contributed by atoms with van der Waals surface area (Å²) in [6.07, 6.45) is 4.77. The van der Waals surface area contributed by atoms with Gasteiger partial charge in [0.25, 0.3) is 0 Å². The Kier molecular flexibility index (Phi) is 2.98. The fraction of sp³-hybridized carbons (Fsp3) is 0.222. The van der Waals surface area contributed by atoms with Gasteiger partial charge in [-0.3, -0.25) is 0 Å². The van der Waals surface area contributed by atoms with E-state index in [1.807, 2.05) is 14.1 Å². The van der Waals surface area contributed by atoms with Gasteiger partial charge in [-0.1, -0.05) is 0 Å². The van der Waals surface area contributed by atoms with Crippen molar-refractivity contribution in [2.45, 2.75) is 0 Å². The van der Waals surface area contributed by atoms with Gasteiger partial charge in [-0.2, -0.15) is 5.26 Å². The summed E-state index contributed by atoms with van der Waals surface area (Å²) in [4.78, 5) is 9.56. The van der Waals surface area contributed by atoms with E-state index in [1.54, 1.807) is 23.4 Å². The number of aromatic nitrogens is 2. The number of nitriles is 1. The van der Waals surface area contributed by atoms with Gasteiger partial charge in [0.05, 0.1) is 11.3 Å². The maximum atomic E-state index is 8.82. The zero-order valence-electron chi connectivity index (χ0n) is 7.60. The van der Waals surface area contributed by atoms with Crippen molar-refractivity contribution in [3.05, 3.63) is 30.5 Å². The molecule has 0 aliphatic heterocycles. The quantitative estimate of drug-likeness (QED) is 0.625. The normalized spacial score (nSPS) is 10.7. The van der Waals surface area contributed by atoms with E-state index in [0.29, 0.717) is 11.3 Å². The molecule has 0 unspecified atom stereocenters. The molecular formula is C9H10N4. The predicted octanol–water partition coefficient (Wildman–Crippen LogP) is 0.903. The molecule has 0 aromatic carbocycles. The van der Waals surface area contributed by atoms with E-state index < -0.39 is 0 Å². The van der Waals surface area contributed by atoms with Crippen LogP contribution in [0.3, 0.4) is 0 Å². The minimum atomic E-state index is 0.535. The van der Waals surface area contributed by atoms with Gasteiger partial charge in [-0.15, -0.1) is 0 Å². The molecule has 1 rings (SSSR count). The predicted molar refractivity (Wildman–Crippen MR) is 49.3 cm³/mol. The van der Waals surface area contributed by atoms with Crippen molar-refractivity contribution in [1.29, 1.82) is 5.26 Å². The van der Waals surface area contributed by atoms with Crippen molar-refractivity contribution in [3.8, 4) is 6.07 Å². The van der Waals surface area contributed by atoms with Gasteiger partial charge in [0.15, 0.2) is 0 Å². The first kappa shape index (κ1) is 9.20. The lowest BCUT2D eigenvalue weighted by molar-refractivity contribution is 0.566. The average molecular weight is 174 g/mol. The lowest BCUT2D eigenvalue weighted by atomic mass is 10.2. The third-order valence-electron chi connectivity index (χ3n) is 1.37. The molecule has 0 amide bonds. The second-order valence-electron chi connectivity index (χ2n) is 2.71. The Morgan fingerprint density at radius 1 is 1.62 bits per heavy atom. The number of nitrogens with zero attached hydrogens (tertiary/aromatic N) is 4. The maximum Gasteiger partial charge on any atom is 0.116 e. The van der Waals surface area contributed by atoms with Crippen molar-refractivity contribution in [3.63, 3.8) is 0 Å². The van der Waals surface area contributed by atoms with E-state index in [0.717, 1.165) is 0 Å². The third kappa shape index (κ3) is 2.56. The van der Waals surface area contributed by atoms with Crippen LogP contribution in [0.2, 0.25) is 0 Å². The van der Waals surface area contributed by atoms with Gasteiger partial charge in [-0.25, -0.2) is 9.97 Å². The fourth-order valence-corrected chi connectivity index (χ4v) is 0.860. The Morgan fingerprint density at radius 2 is 2.38 bits per heavy atom. The van der Waals surface area contributed by atoms with Crippen LogP contribution in [0, 0.1) is 11.3 Å². The molecule has 1 aromatic heterocycles. The van der Waals surface area contributed by atoms with E-state index >= 15 is 0 Å². The van der Waals surface area contributed by atoms with Gasteiger partial charge in [0.1, 0.15) is 12.4 Å². The molecule has 0 saturated heterocycles. The Bertz CT molecular complexity index is 334. The van der Waals surface area contributed by atoms with Crippen molar-refractivity contribution < 1.29 is 0 Å². The molecule has 0 bridgehead atoms. The Balaban J connectivity index is 3.00. The molecule has 4 heteroatoms. The lowest BCUT2D eigenvalue weighted by Crippen LogP contribution is -2.02. The van der Waals surface area contributed by atoms with E-state index in [-0.39, 0.29) is 0 Å². The molecule has 0 N–H and O–H groups in total. The van der Waals surface area contributed by atoms with Crippen molar-refractivity contribution in [1.82, 2.24) is 14.9 Å². The molecule has 0 aliphatic rings. The van der Waals surface area contributed by atoms with E-state index in [9.17, 15) is 0 Å². The van der Waals surface area contributed by atoms with Crippen LogP contribution in [0.25, 0.3) is 5.57 Å². The molecule has 0 fully saturated rings. The summed E-state index contributed by atoms with van der Waals surface area (Å²) in [5, 5.41) is 8.82. The smallest absolute Gasteiger partial charge is 0.116 e. The minimum Gasteiger partial charge on any atom is -0.382 e. The molecule has 66 valence electrons. The molecule has 0 atom stereocenters. The minimum absolute atomic E-state index is 0.535. The topological polar surface area (TPSA) is 52.8 Å². The van der Waals surface area contributed by atoms with Crippen molar-refractivity contribution in [2.75, 3.05) is 14.1 Å². The maximum absolute atomic E-state index is 8.82. The van der Waals surface area contributed by atoms with Crippen LogP contribution in [0.4, 0.5) is 0 Å². The van der Waals surface area contributed by atoms with E-state index in [4.69, 9.17) is 5.26 Å². The summed E-state index contributed by atoms with van der Waals surface area (Å²) in [6, 6.07) is 3.79. The van der Waals surface area contributed by atoms with Crippen LogP contribution in [-0.2, 0) is 0 Å². The molecule has 0 saturated carbocycles. The van der Waals surface area contributed by atoms with Gasteiger partial charge in [0, 0.05) is 26.5 Å². The van der Waals surface area contributed by atoms with Crippen LogP contribution >= 0.6 is 0 Å². The largest absolute Gasteiger partial charge is 0.382 e. The van der Waals surface area contributed by atoms with Gasteiger partial charge < -0.3 is 4.90 Å². The molecule has 1 aromatic rings. The second-order valence-corrected chi connectivity index (χ2v) is 2.71. The molecule has 0 spiro atoms. The summed E-state index contributed by atoms with van der Waals surface area (Å²) in [6.45, 7) is 0. The highest BCUT2D eigenvalue weighted by Crippen LogP contribution is 2.08. The van der Waals surface area contributed by atoms with Crippen LogP contribution in [0.5, 0.6) is 0 Å². The summed E-state index contributed by atoms with van der Waals surface area (Å²) < 4.78 is 0. The number of hydrogen-bond donors (Lipinski definition) is 0. The first-order valence-corrected chi connectivity index (χ1v) is 3.79. The number of rotatable bonds is 2. The standard InChI is InChI=1S/C9H10N4/c1-13(2)6-8(5-10)9-3-4-11-7-12-9/h3-4,6-7H,1-2H3/b8-6+. The molecule has 4 nitrogen and oxygen atoms in total. The van der Waals surface area contributed by atoms with Crippen molar-refractivity contribution in [2.24, 2.45) is 0 Å². The molecule has 0 radical (unpaired) electrons. The first-order chi connectivity index (χ1) is 6.24. The highest BCUT2D eigenvalue weighted by molar-refractivity contribution is 5.73. The second kappa shape index (κ2) is 4.21. The van der Waals surface area contributed by atoms with E-state index in [2.05, 4.69) is 16.0 Å². The SMILES string of the molecule is CN(C)/C=C(\C#N)c1ccncn1. The van der Waals surface area contributed by atoms with Crippen LogP contribution < -0.4 is 0 Å². The van der Waals surface area contributed by atoms with Gasteiger partial charge in [-0.05, 0) is 6.07 Å². The van der Waals surface area contributed by atoms with Crippen LogP contribution in [-0.4, -0.2) is 29.0 Å². The molecular weight excluding hydrogens is 164 g/mol. The monoisotopic (exact) mass is 174 g/mol. The molecule has 1 heterocycles. The summed E-state index contributed by atoms with van der Waals surface area (Å²) in [5.41, 5.74) is 1.18. The number of allylic oxidation sites excluding steroid dienone is 1. The Morgan fingerprint density at radius 3 is 2.85 bits per heavy atom. The third-order valence-corrected chi connectivity index (χ3v) is 1.37. The Hall–Kier alpha value is -1.89. The molecule has 13 heavy (non-hydrogen) atoms. The first-order valence-electron chi connectivity index (χ1n) is 3.79. The van der Waals surface area contributed by atoms with Gasteiger partial charge in [0.2, 0.25) is 0 Å². The zero-order chi connectivity index (χ0) is 9.68.